The summed E-state index contributed by atoms with van der Waals surface area (Å²) in [5.74, 6) is -1.00. The van der Waals surface area contributed by atoms with E-state index in [4.69, 9.17) is 4.74 Å². The number of benzene rings is 1. The minimum Gasteiger partial charge on any atom is -0.451 e. The van der Waals surface area contributed by atoms with Crippen LogP contribution in [-0.4, -0.2) is 34.2 Å². The quantitative estimate of drug-likeness (QED) is 0.814. The number of nitrogens with one attached hydrogen (secondary N) is 2. The average molecular weight is 312 g/mol. The molecule has 23 heavy (non-hydrogen) atoms. The molecule has 1 amide bonds. The van der Waals surface area contributed by atoms with Gasteiger partial charge in [-0.25, -0.2) is 4.79 Å². The van der Waals surface area contributed by atoms with Gasteiger partial charge in [-0.15, -0.1) is 0 Å². The molecule has 1 aliphatic carbocycles. The van der Waals surface area contributed by atoms with Crippen molar-refractivity contribution >= 4 is 22.8 Å². The number of ether oxygens (including phenoxy) is 1. The molecule has 1 aromatic heterocycles. The fraction of sp³-hybridized carbons (Fsp3) is 0.375. The van der Waals surface area contributed by atoms with Gasteiger partial charge in [0.1, 0.15) is 5.54 Å². The average Bonchev–Trinajstić information content (AvgIpc) is 3.33. The van der Waals surface area contributed by atoms with Crippen molar-refractivity contribution in [3.05, 3.63) is 30.0 Å². The van der Waals surface area contributed by atoms with Crippen LogP contribution in [0.25, 0.3) is 10.9 Å². The number of fused-ring (bicyclic) bond motifs is 1. The molecule has 1 aromatic carbocycles. The van der Waals surface area contributed by atoms with Crippen LogP contribution in [0.15, 0.2) is 24.3 Å². The molecule has 0 radical (unpaired) electrons. The zero-order valence-corrected chi connectivity index (χ0v) is 12.6. The van der Waals surface area contributed by atoms with Crippen LogP contribution in [0.3, 0.4) is 0 Å². The van der Waals surface area contributed by atoms with Crippen LogP contribution >= 0.6 is 0 Å². The second-order valence-electron chi connectivity index (χ2n) is 5.83. The fourth-order valence-electron chi connectivity index (χ4n) is 2.53. The van der Waals surface area contributed by atoms with Crippen LogP contribution in [0, 0.1) is 17.2 Å². The Hall–Kier alpha value is -2.88. The number of amides is 1. The van der Waals surface area contributed by atoms with Crippen molar-refractivity contribution in [2.75, 3.05) is 6.61 Å². The molecule has 1 atom stereocenters. The molecule has 1 aliphatic rings. The third kappa shape index (κ3) is 3.01. The van der Waals surface area contributed by atoms with Gasteiger partial charge < -0.3 is 10.1 Å². The molecule has 1 heterocycles. The number of aromatic amines is 1. The standard InChI is InChI=1S/C16H16N4O3/c1-16(9-17,10-6-7-10)18-13(21)8-23-15(22)14-11-4-2-3-5-12(11)19-20-14/h2-5,10H,6-8H2,1H3,(H,18,21)(H,19,20)/t16-/m0/s1. The number of rotatable bonds is 5. The van der Waals surface area contributed by atoms with Crippen LogP contribution in [0.2, 0.25) is 0 Å². The van der Waals surface area contributed by atoms with Crippen molar-refractivity contribution in [1.82, 2.24) is 15.5 Å². The first-order valence-electron chi connectivity index (χ1n) is 7.36. The highest BCUT2D eigenvalue weighted by molar-refractivity contribution is 6.02. The lowest BCUT2D eigenvalue weighted by molar-refractivity contribution is -0.125. The predicted molar refractivity (Wildman–Crippen MR) is 81.3 cm³/mol. The molecule has 3 rings (SSSR count). The number of hydrogen-bond donors (Lipinski definition) is 2. The van der Waals surface area contributed by atoms with Gasteiger partial charge in [-0.3, -0.25) is 9.89 Å². The van der Waals surface area contributed by atoms with Gasteiger partial charge in [-0.05, 0) is 31.7 Å². The zero-order valence-electron chi connectivity index (χ0n) is 12.6. The molecular weight excluding hydrogens is 296 g/mol. The van der Waals surface area contributed by atoms with Crippen LogP contribution < -0.4 is 5.32 Å². The second kappa shape index (κ2) is 5.72. The van der Waals surface area contributed by atoms with E-state index in [1.54, 1.807) is 25.1 Å². The van der Waals surface area contributed by atoms with Gasteiger partial charge >= 0.3 is 5.97 Å². The van der Waals surface area contributed by atoms with Crippen molar-refractivity contribution in [2.24, 2.45) is 5.92 Å². The highest BCUT2D eigenvalue weighted by Gasteiger charge is 2.43. The van der Waals surface area contributed by atoms with Crippen molar-refractivity contribution in [3.63, 3.8) is 0 Å². The normalized spacial score (nSPS) is 16.3. The summed E-state index contributed by atoms with van der Waals surface area (Å²) in [7, 11) is 0. The van der Waals surface area contributed by atoms with E-state index < -0.39 is 24.0 Å². The van der Waals surface area contributed by atoms with Crippen molar-refractivity contribution in [3.8, 4) is 6.07 Å². The van der Waals surface area contributed by atoms with Gasteiger partial charge in [0.25, 0.3) is 5.91 Å². The number of para-hydroxylation sites is 1. The van der Waals surface area contributed by atoms with E-state index in [2.05, 4.69) is 21.6 Å². The second-order valence-corrected chi connectivity index (χ2v) is 5.83. The maximum atomic E-state index is 12.1. The number of H-pyrrole nitrogens is 1. The molecule has 0 bridgehead atoms. The zero-order chi connectivity index (χ0) is 16.4. The summed E-state index contributed by atoms with van der Waals surface area (Å²) < 4.78 is 5.00. The maximum Gasteiger partial charge on any atom is 0.359 e. The molecule has 0 spiro atoms. The first-order chi connectivity index (χ1) is 11.0. The van der Waals surface area contributed by atoms with Gasteiger partial charge in [-0.1, -0.05) is 18.2 Å². The summed E-state index contributed by atoms with van der Waals surface area (Å²) >= 11 is 0. The van der Waals surface area contributed by atoms with Gasteiger partial charge in [0.15, 0.2) is 12.3 Å². The minimum atomic E-state index is -0.900. The molecule has 0 aliphatic heterocycles. The van der Waals surface area contributed by atoms with Crippen LogP contribution in [-0.2, 0) is 9.53 Å². The molecule has 1 fully saturated rings. The summed E-state index contributed by atoms with van der Waals surface area (Å²) in [5.41, 5.74) is -0.0453. The predicted octanol–water partition coefficient (Wildman–Crippen LogP) is 1.53. The van der Waals surface area contributed by atoms with E-state index >= 15 is 0 Å². The van der Waals surface area contributed by atoms with Crippen molar-refractivity contribution in [1.29, 1.82) is 5.26 Å². The highest BCUT2D eigenvalue weighted by Crippen LogP contribution is 2.39. The molecule has 0 unspecified atom stereocenters. The van der Waals surface area contributed by atoms with E-state index in [0.29, 0.717) is 5.39 Å². The van der Waals surface area contributed by atoms with Gasteiger partial charge in [0.05, 0.1) is 11.6 Å². The third-order valence-electron chi connectivity index (χ3n) is 4.02. The SMILES string of the molecule is C[C@@](C#N)(NC(=O)COC(=O)c1n[nH]c2ccccc12)C1CC1. The lowest BCUT2D eigenvalue weighted by atomic mass is 9.98. The Bertz CT molecular complexity index is 803. The summed E-state index contributed by atoms with van der Waals surface area (Å²) in [6, 6.07) is 9.27. The molecule has 0 saturated heterocycles. The Morgan fingerprint density at radius 1 is 1.48 bits per heavy atom. The van der Waals surface area contributed by atoms with Crippen molar-refractivity contribution in [2.45, 2.75) is 25.3 Å². The third-order valence-corrected chi connectivity index (χ3v) is 4.02. The molecule has 118 valence electrons. The highest BCUT2D eigenvalue weighted by atomic mass is 16.5. The Labute approximate surface area is 132 Å². The molecule has 1 saturated carbocycles. The number of aromatic nitrogens is 2. The number of esters is 1. The summed E-state index contributed by atoms with van der Waals surface area (Å²) in [6.45, 7) is 1.25. The van der Waals surface area contributed by atoms with Crippen LogP contribution in [0.5, 0.6) is 0 Å². The first-order valence-corrected chi connectivity index (χ1v) is 7.36. The number of hydrogen-bond acceptors (Lipinski definition) is 5. The largest absolute Gasteiger partial charge is 0.451 e. The summed E-state index contributed by atoms with van der Waals surface area (Å²) in [4.78, 5) is 24.0. The van der Waals surface area contributed by atoms with Crippen LogP contribution in [0.1, 0.15) is 30.3 Å². The molecule has 2 N–H and O–H groups in total. The lowest BCUT2D eigenvalue weighted by Crippen LogP contribution is -2.48. The first kappa shape index (κ1) is 15.0. The summed E-state index contributed by atoms with van der Waals surface area (Å²) in [5, 5.41) is 19.1. The van der Waals surface area contributed by atoms with E-state index in [0.717, 1.165) is 18.4 Å². The topological polar surface area (TPSA) is 108 Å². The molecule has 7 nitrogen and oxygen atoms in total. The molecular formula is C16H16N4O3. The maximum absolute atomic E-state index is 12.1. The van der Waals surface area contributed by atoms with Gasteiger partial charge in [0, 0.05) is 5.39 Å². The molecule has 2 aromatic rings. The fourth-order valence-corrected chi connectivity index (χ4v) is 2.53. The molecule has 7 heteroatoms. The summed E-state index contributed by atoms with van der Waals surface area (Å²) in [6.07, 6.45) is 1.84. The Morgan fingerprint density at radius 3 is 2.91 bits per heavy atom. The van der Waals surface area contributed by atoms with Gasteiger partial charge in [-0.2, -0.15) is 10.4 Å². The number of nitrogens with zero attached hydrogens (tertiary/aromatic N) is 2. The Kier molecular flexibility index (Phi) is 3.74. The number of nitriles is 1. The smallest absolute Gasteiger partial charge is 0.359 e. The lowest BCUT2D eigenvalue weighted by Gasteiger charge is -2.22. The van der Waals surface area contributed by atoms with E-state index in [1.807, 2.05) is 6.07 Å². The van der Waals surface area contributed by atoms with Crippen LogP contribution in [0.4, 0.5) is 0 Å². The Balaban J connectivity index is 1.61. The minimum absolute atomic E-state index is 0.138. The van der Waals surface area contributed by atoms with E-state index in [1.165, 1.54) is 0 Å². The Morgan fingerprint density at radius 2 is 2.22 bits per heavy atom. The van der Waals surface area contributed by atoms with E-state index in [-0.39, 0.29) is 11.6 Å². The number of carbonyl (C=O) groups is 2. The number of carbonyl (C=O) groups excluding carboxylic acids is 2. The van der Waals surface area contributed by atoms with Crippen molar-refractivity contribution < 1.29 is 14.3 Å². The van der Waals surface area contributed by atoms with E-state index in [9.17, 15) is 14.9 Å². The van der Waals surface area contributed by atoms with Gasteiger partial charge in [0.2, 0.25) is 0 Å². The monoisotopic (exact) mass is 312 g/mol.